The van der Waals surface area contributed by atoms with E-state index in [1.807, 2.05) is 60.7 Å². The van der Waals surface area contributed by atoms with Crippen LogP contribution in [0.5, 0.6) is 0 Å². The molecule has 1 unspecified atom stereocenters. The lowest BCUT2D eigenvalue weighted by Gasteiger charge is -2.27. The number of esters is 1. The maximum absolute atomic E-state index is 13.2. The van der Waals surface area contributed by atoms with Crippen LogP contribution >= 0.6 is 0 Å². The molecule has 0 bridgehead atoms. The van der Waals surface area contributed by atoms with E-state index in [0.29, 0.717) is 24.1 Å². The zero-order chi connectivity index (χ0) is 24.8. The van der Waals surface area contributed by atoms with E-state index >= 15 is 0 Å². The van der Waals surface area contributed by atoms with Crippen LogP contribution in [0.25, 0.3) is 6.08 Å². The first-order valence-corrected chi connectivity index (χ1v) is 11.2. The summed E-state index contributed by atoms with van der Waals surface area (Å²) in [6.07, 6.45) is 3.57. The Kier molecular flexibility index (Phi) is 7.21. The van der Waals surface area contributed by atoms with Gasteiger partial charge >= 0.3 is 5.97 Å². The maximum atomic E-state index is 13.2. The summed E-state index contributed by atoms with van der Waals surface area (Å²) in [6.45, 7) is 0.301. The van der Waals surface area contributed by atoms with Crippen molar-refractivity contribution < 1.29 is 24.2 Å². The molecule has 6 nitrogen and oxygen atoms in total. The SMILES string of the molecule is COC(=O)c1ccc(C2C(C(=O)C=Cc3ccccc3)=C(O)C(=O)N2CCc2ccccc2)cc1. The number of benzene rings is 3. The molecular formula is C29H25NO5. The molecule has 0 fully saturated rings. The van der Waals surface area contributed by atoms with E-state index in [1.165, 1.54) is 18.1 Å². The fourth-order valence-corrected chi connectivity index (χ4v) is 4.12. The van der Waals surface area contributed by atoms with Gasteiger partial charge in [-0.05, 0) is 41.3 Å². The van der Waals surface area contributed by atoms with E-state index in [0.717, 1.165) is 11.1 Å². The molecule has 3 aromatic rings. The molecule has 0 spiro atoms. The molecule has 1 atom stereocenters. The highest BCUT2D eigenvalue weighted by Crippen LogP contribution is 2.38. The molecule has 0 radical (unpaired) electrons. The first kappa shape index (κ1) is 23.7. The Morgan fingerprint density at radius 3 is 2.20 bits per heavy atom. The summed E-state index contributed by atoms with van der Waals surface area (Å²) in [5.41, 5.74) is 2.83. The largest absolute Gasteiger partial charge is 0.503 e. The number of ether oxygens (including phenoxy) is 1. The van der Waals surface area contributed by atoms with Gasteiger partial charge in [0.15, 0.2) is 11.5 Å². The van der Waals surface area contributed by atoms with Gasteiger partial charge in [-0.25, -0.2) is 4.79 Å². The quantitative estimate of drug-likeness (QED) is 0.384. The number of nitrogens with zero attached hydrogens (tertiary/aromatic N) is 1. The Morgan fingerprint density at radius 1 is 0.943 bits per heavy atom. The number of carbonyl (C=O) groups excluding carboxylic acids is 3. The van der Waals surface area contributed by atoms with Crippen LogP contribution in [0.15, 0.2) is 102 Å². The lowest BCUT2D eigenvalue weighted by Crippen LogP contribution is -2.33. The van der Waals surface area contributed by atoms with Crippen LogP contribution in [0.2, 0.25) is 0 Å². The predicted octanol–water partition coefficient (Wildman–Crippen LogP) is 4.69. The number of ketones is 1. The molecule has 0 saturated heterocycles. The maximum Gasteiger partial charge on any atom is 0.337 e. The van der Waals surface area contributed by atoms with E-state index in [-0.39, 0.29) is 5.57 Å². The number of hydrogen-bond donors (Lipinski definition) is 1. The van der Waals surface area contributed by atoms with Crippen molar-refractivity contribution in [1.29, 1.82) is 0 Å². The van der Waals surface area contributed by atoms with Gasteiger partial charge in [-0.1, -0.05) is 78.9 Å². The van der Waals surface area contributed by atoms with Crippen molar-refractivity contribution in [3.63, 3.8) is 0 Å². The van der Waals surface area contributed by atoms with Crippen molar-refractivity contribution in [1.82, 2.24) is 4.90 Å². The minimum atomic E-state index is -0.786. The molecule has 35 heavy (non-hydrogen) atoms. The van der Waals surface area contributed by atoms with Gasteiger partial charge in [-0.2, -0.15) is 0 Å². The highest BCUT2D eigenvalue weighted by Gasteiger charge is 2.42. The average molecular weight is 468 g/mol. The highest BCUT2D eigenvalue weighted by molar-refractivity contribution is 6.14. The van der Waals surface area contributed by atoms with Crippen LogP contribution in [-0.4, -0.2) is 41.3 Å². The van der Waals surface area contributed by atoms with Gasteiger partial charge in [-0.15, -0.1) is 0 Å². The Morgan fingerprint density at radius 2 is 1.57 bits per heavy atom. The molecule has 3 aromatic carbocycles. The van der Waals surface area contributed by atoms with Gasteiger partial charge in [-0.3, -0.25) is 9.59 Å². The van der Waals surface area contributed by atoms with Gasteiger partial charge in [0.05, 0.1) is 24.3 Å². The molecule has 1 aliphatic rings. The second kappa shape index (κ2) is 10.7. The van der Waals surface area contributed by atoms with Crippen molar-refractivity contribution in [2.24, 2.45) is 0 Å². The third-order valence-electron chi connectivity index (χ3n) is 5.93. The second-order valence-electron chi connectivity index (χ2n) is 8.12. The molecule has 0 saturated carbocycles. The fourth-order valence-electron chi connectivity index (χ4n) is 4.12. The molecule has 6 heteroatoms. The standard InChI is InChI=1S/C29H25NO5/c1-35-29(34)23-15-13-22(14-16-23)26-25(24(31)17-12-20-8-4-2-5-9-20)27(32)28(33)30(26)19-18-21-10-6-3-7-11-21/h2-17,26,32H,18-19H2,1H3. The Labute approximate surface area is 203 Å². The number of allylic oxidation sites excluding steroid dienone is 1. The van der Waals surface area contributed by atoms with Crippen LogP contribution in [0, 0.1) is 0 Å². The number of aliphatic hydroxyl groups excluding tert-OH is 1. The summed E-state index contributed by atoms with van der Waals surface area (Å²) < 4.78 is 4.76. The topological polar surface area (TPSA) is 83.9 Å². The number of methoxy groups -OCH3 is 1. The van der Waals surface area contributed by atoms with Crippen LogP contribution in [0.4, 0.5) is 0 Å². The van der Waals surface area contributed by atoms with Gasteiger partial charge in [0.2, 0.25) is 0 Å². The Bertz CT molecular complexity index is 1280. The summed E-state index contributed by atoms with van der Waals surface area (Å²) in [5.74, 6) is -2.09. The zero-order valence-corrected chi connectivity index (χ0v) is 19.3. The van der Waals surface area contributed by atoms with Crippen molar-refractivity contribution in [2.45, 2.75) is 12.5 Å². The fraction of sp³-hybridized carbons (Fsp3) is 0.138. The zero-order valence-electron chi connectivity index (χ0n) is 19.3. The van der Waals surface area contributed by atoms with Crippen LogP contribution < -0.4 is 0 Å². The number of amides is 1. The number of hydrogen-bond acceptors (Lipinski definition) is 5. The van der Waals surface area contributed by atoms with E-state index in [9.17, 15) is 19.5 Å². The van der Waals surface area contributed by atoms with Crippen molar-refractivity contribution in [3.05, 3.63) is 125 Å². The summed E-state index contributed by atoms with van der Waals surface area (Å²) in [7, 11) is 1.30. The summed E-state index contributed by atoms with van der Waals surface area (Å²) in [5, 5.41) is 10.8. The Hall–Kier alpha value is -4.45. The van der Waals surface area contributed by atoms with Crippen LogP contribution in [0.1, 0.15) is 33.1 Å². The molecule has 1 N–H and O–H groups in total. The number of carbonyl (C=O) groups is 3. The van der Waals surface area contributed by atoms with Crippen molar-refractivity contribution in [3.8, 4) is 0 Å². The van der Waals surface area contributed by atoms with E-state index in [1.54, 1.807) is 30.3 Å². The molecule has 176 valence electrons. The molecule has 1 aliphatic heterocycles. The lowest BCUT2D eigenvalue weighted by atomic mass is 9.94. The highest BCUT2D eigenvalue weighted by atomic mass is 16.5. The van der Waals surface area contributed by atoms with E-state index < -0.39 is 29.5 Å². The third-order valence-corrected chi connectivity index (χ3v) is 5.93. The van der Waals surface area contributed by atoms with Gasteiger partial charge in [0, 0.05) is 6.54 Å². The lowest BCUT2D eigenvalue weighted by molar-refractivity contribution is -0.129. The van der Waals surface area contributed by atoms with Crippen molar-refractivity contribution in [2.75, 3.05) is 13.7 Å². The summed E-state index contributed by atoms with van der Waals surface area (Å²) in [4.78, 5) is 39.7. The third kappa shape index (κ3) is 5.22. The summed E-state index contributed by atoms with van der Waals surface area (Å²) in [6, 6.07) is 24.7. The first-order valence-electron chi connectivity index (χ1n) is 11.2. The molecule has 1 heterocycles. The summed E-state index contributed by atoms with van der Waals surface area (Å²) >= 11 is 0. The van der Waals surface area contributed by atoms with E-state index in [2.05, 4.69) is 0 Å². The number of rotatable bonds is 8. The molecular weight excluding hydrogens is 442 g/mol. The van der Waals surface area contributed by atoms with Crippen LogP contribution in [0.3, 0.4) is 0 Å². The Balaban J connectivity index is 1.68. The van der Waals surface area contributed by atoms with Gasteiger partial charge in [0.1, 0.15) is 0 Å². The minimum absolute atomic E-state index is 0.0149. The van der Waals surface area contributed by atoms with Gasteiger partial charge < -0.3 is 14.7 Å². The smallest absolute Gasteiger partial charge is 0.337 e. The second-order valence-corrected chi connectivity index (χ2v) is 8.12. The molecule has 4 rings (SSSR count). The predicted molar refractivity (Wildman–Crippen MR) is 133 cm³/mol. The van der Waals surface area contributed by atoms with E-state index in [4.69, 9.17) is 4.74 Å². The average Bonchev–Trinajstić information content (AvgIpc) is 3.16. The minimum Gasteiger partial charge on any atom is -0.503 e. The molecule has 0 aromatic heterocycles. The normalized spacial score (nSPS) is 15.6. The monoisotopic (exact) mass is 467 g/mol. The van der Waals surface area contributed by atoms with Crippen molar-refractivity contribution >= 4 is 23.7 Å². The van der Waals surface area contributed by atoms with Crippen LogP contribution in [-0.2, 0) is 20.7 Å². The first-order chi connectivity index (χ1) is 17.0. The molecule has 0 aliphatic carbocycles. The number of aliphatic hydroxyl groups is 1. The van der Waals surface area contributed by atoms with Gasteiger partial charge in [0.25, 0.3) is 5.91 Å². The molecule has 1 amide bonds.